The first-order chi connectivity index (χ1) is 16.3. The highest BCUT2D eigenvalue weighted by molar-refractivity contribution is 8.26. The molecule has 0 unspecified atom stereocenters. The van der Waals surface area contributed by atoms with Gasteiger partial charge in [0.1, 0.15) is 21.8 Å². The smallest absolute Gasteiger partial charge is 0.270 e. The van der Waals surface area contributed by atoms with Crippen LogP contribution in [0.4, 0.5) is 5.82 Å². The highest BCUT2D eigenvalue weighted by atomic mass is 32.2. The van der Waals surface area contributed by atoms with Gasteiger partial charge in [0.25, 0.3) is 11.5 Å². The molecule has 1 amide bonds. The fourth-order valence-corrected chi connectivity index (χ4v) is 5.86. The SMILES string of the molecule is CCCCCCCN1C(=O)/C(=C/c2c(C)c(C#N)c(=O)n(C)c2N2CCN(CC)CC2)SC1=S. The number of carbonyl (C=O) groups is 1. The van der Waals surface area contributed by atoms with E-state index in [2.05, 4.69) is 29.7 Å². The Kier molecular flexibility index (Phi) is 9.34. The Morgan fingerprint density at radius 2 is 1.76 bits per heavy atom. The third-order valence-electron chi connectivity index (χ3n) is 6.72. The number of rotatable bonds is 9. The predicted octanol–water partition coefficient (Wildman–Crippen LogP) is 3.88. The van der Waals surface area contributed by atoms with Crippen LogP contribution in [0.15, 0.2) is 9.70 Å². The highest BCUT2D eigenvalue weighted by Gasteiger charge is 2.33. The van der Waals surface area contributed by atoms with Gasteiger partial charge in [0.15, 0.2) is 0 Å². The summed E-state index contributed by atoms with van der Waals surface area (Å²) in [5.41, 5.74) is 1.19. The molecule has 34 heavy (non-hydrogen) atoms. The van der Waals surface area contributed by atoms with Crippen LogP contribution in [0.2, 0.25) is 0 Å². The van der Waals surface area contributed by atoms with Crippen molar-refractivity contribution in [1.29, 1.82) is 5.26 Å². The minimum atomic E-state index is -0.301. The molecule has 0 aromatic carbocycles. The summed E-state index contributed by atoms with van der Waals surface area (Å²) >= 11 is 6.84. The molecule has 0 radical (unpaired) electrons. The third-order valence-corrected chi connectivity index (χ3v) is 8.10. The Balaban J connectivity index is 1.95. The Morgan fingerprint density at radius 1 is 1.09 bits per heavy atom. The van der Waals surface area contributed by atoms with Crippen LogP contribution in [0.3, 0.4) is 0 Å². The number of likely N-dealkylation sites (N-methyl/N-ethyl adjacent to an activating group) is 1. The summed E-state index contributed by atoms with van der Waals surface area (Å²) in [6, 6.07) is 2.07. The number of hydrogen-bond donors (Lipinski definition) is 0. The molecule has 1 aromatic heterocycles. The van der Waals surface area contributed by atoms with Crippen LogP contribution in [-0.4, -0.2) is 63.9 Å². The van der Waals surface area contributed by atoms with E-state index in [0.717, 1.165) is 56.9 Å². The van der Waals surface area contributed by atoms with Gasteiger partial charge in [-0.3, -0.25) is 19.1 Å². The molecule has 9 heteroatoms. The molecule has 2 fully saturated rings. The van der Waals surface area contributed by atoms with Crippen LogP contribution < -0.4 is 10.5 Å². The molecule has 2 aliphatic rings. The molecule has 184 valence electrons. The van der Waals surface area contributed by atoms with Crippen molar-refractivity contribution in [1.82, 2.24) is 14.4 Å². The monoisotopic (exact) mass is 501 g/mol. The van der Waals surface area contributed by atoms with Crippen LogP contribution in [0.5, 0.6) is 0 Å². The van der Waals surface area contributed by atoms with E-state index in [-0.39, 0.29) is 17.0 Å². The molecular formula is C25H35N5O2S2. The van der Waals surface area contributed by atoms with Gasteiger partial charge in [-0.1, -0.05) is 63.5 Å². The van der Waals surface area contributed by atoms with E-state index in [9.17, 15) is 14.9 Å². The lowest BCUT2D eigenvalue weighted by atomic mass is 10.0. The lowest BCUT2D eigenvalue weighted by Gasteiger charge is -2.37. The molecule has 0 bridgehead atoms. The maximum Gasteiger partial charge on any atom is 0.270 e. The van der Waals surface area contributed by atoms with E-state index >= 15 is 0 Å². The standard InChI is InChI=1S/C25H35N5O2S2/c1-5-7-8-9-10-11-30-24(32)21(34-25(30)33)16-19-18(3)20(17-26)23(31)27(4)22(19)29-14-12-28(6-2)13-15-29/h16H,5-15H2,1-4H3/b21-16-. The van der Waals surface area contributed by atoms with Crippen molar-refractivity contribution in [2.45, 2.75) is 52.9 Å². The van der Waals surface area contributed by atoms with Crippen LogP contribution in [0.25, 0.3) is 6.08 Å². The fourth-order valence-electron chi connectivity index (χ4n) is 4.57. The number of hydrogen-bond acceptors (Lipinski definition) is 7. The zero-order valence-electron chi connectivity index (χ0n) is 20.7. The zero-order valence-corrected chi connectivity index (χ0v) is 22.4. The summed E-state index contributed by atoms with van der Waals surface area (Å²) in [4.78, 5) is 33.0. The van der Waals surface area contributed by atoms with Crippen LogP contribution in [0, 0.1) is 18.3 Å². The highest BCUT2D eigenvalue weighted by Crippen LogP contribution is 2.36. The first-order valence-corrected chi connectivity index (χ1v) is 13.4. The first kappa shape index (κ1) is 26.5. The summed E-state index contributed by atoms with van der Waals surface area (Å²) < 4.78 is 2.14. The van der Waals surface area contributed by atoms with Gasteiger partial charge in [0, 0.05) is 45.3 Å². The van der Waals surface area contributed by atoms with Gasteiger partial charge in [-0.05, 0) is 31.5 Å². The number of amides is 1. The zero-order chi connectivity index (χ0) is 24.8. The van der Waals surface area contributed by atoms with Crippen molar-refractivity contribution >= 4 is 46.1 Å². The van der Waals surface area contributed by atoms with Gasteiger partial charge in [0.2, 0.25) is 0 Å². The Morgan fingerprint density at radius 3 is 2.38 bits per heavy atom. The lowest BCUT2D eigenvalue weighted by molar-refractivity contribution is -0.122. The molecule has 7 nitrogen and oxygen atoms in total. The molecule has 0 saturated carbocycles. The van der Waals surface area contributed by atoms with E-state index in [0.29, 0.717) is 21.3 Å². The average Bonchev–Trinajstić information content (AvgIpc) is 3.10. The van der Waals surface area contributed by atoms with Gasteiger partial charge < -0.3 is 9.80 Å². The molecule has 0 spiro atoms. The minimum absolute atomic E-state index is 0.0843. The van der Waals surface area contributed by atoms with Gasteiger partial charge in [0.05, 0.1) is 4.91 Å². The Hall–Kier alpha value is -2.15. The predicted molar refractivity (Wildman–Crippen MR) is 144 cm³/mol. The lowest BCUT2D eigenvalue weighted by Crippen LogP contribution is -2.48. The second-order valence-electron chi connectivity index (χ2n) is 8.88. The molecule has 3 heterocycles. The molecule has 0 atom stereocenters. The van der Waals surface area contributed by atoms with E-state index < -0.39 is 0 Å². The second-order valence-corrected chi connectivity index (χ2v) is 10.6. The van der Waals surface area contributed by atoms with Gasteiger partial charge in [-0.2, -0.15) is 5.26 Å². The molecule has 0 N–H and O–H groups in total. The van der Waals surface area contributed by atoms with E-state index in [1.165, 1.54) is 31.0 Å². The number of pyridine rings is 1. The van der Waals surface area contributed by atoms with Crippen molar-refractivity contribution in [3.63, 3.8) is 0 Å². The summed E-state index contributed by atoms with van der Waals surface area (Å²) in [6.07, 6.45) is 7.43. The maximum absolute atomic E-state index is 13.2. The summed E-state index contributed by atoms with van der Waals surface area (Å²) in [6.45, 7) is 11.1. The molecule has 2 aliphatic heterocycles. The third kappa shape index (κ3) is 5.56. The van der Waals surface area contributed by atoms with Gasteiger partial charge in [-0.15, -0.1) is 0 Å². The number of piperazine rings is 1. The normalized spacial score (nSPS) is 18.3. The molecule has 3 rings (SSSR count). The number of unbranched alkanes of at least 4 members (excludes halogenated alkanes) is 4. The number of nitrogens with zero attached hydrogens (tertiary/aromatic N) is 5. The van der Waals surface area contributed by atoms with E-state index in [1.807, 2.05) is 6.08 Å². The van der Waals surface area contributed by atoms with Crippen LogP contribution >= 0.6 is 24.0 Å². The molecule has 0 aliphatic carbocycles. The van der Waals surface area contributed by atoms with E-state index in [1.54, 1.807) is 23.4 Å². The van der Waals surface area contributed by atoms with E-state index in [4.69, 9.17) is 12.2 Å². The number of nitriles is 1. The molecule has 1 aromatic rings. The molecule has 2 saturated heterocycles. The van der Waals surface area contributed by atoms with Crippen LogP contribution in [0.1, 0.15) is 62.6 Å². The average molecular weight is 502 g/mol. The maximum atomic E-state index is 13.2. The van der Waals surface area contributed by atoms with Crippen molar-refractivity contribution in [2.75, 3.05) is 44.2 Å². The fraction of sp³-hybridized carbons (Fsp3) is 0.600. The van der Waals surface area contributed by atoms with Crippen molar-refractivity contribution in [2.24, 2.45) is 7.05 Å². The summed E-state index contributed by atoms with van der Waals surface area (Å²) in [5, 5.41) is 9.67. The number of thiocarbonyl (C=S) groups is 1. The quantitative estimate of drug-likeness (QED) is 0.289. The molecular weight excluding hydrogens is 466 g/mol. The number of aromatic nitrogens is 1. The van der Waals surface area contributed by atoms with Gasteiger partial charge in [-0.25, -0.2) is 0 Å². The second kappa shape index (κ2) is 12.0. The largest absolute Gasteiger partial charge is 0.355 e. The number of carbonyl (C=O) groups excluding carboxylic acids is 1. The number of thioether (sulfide) groups is 1. The summed E-state index contributed by atoms with van der Waals surface area (Å²) in [5.74, 6) is 0.682. The van der Waals surface area contributed by atoms with Crippen molar-refractivity contribution < 1.29 is 4.79 Å². The minimum Gasteiger partial charge on any atom is -0.355 e. The Labute approximate surface area is 212 Å². The number of anilines is 1. The first-order valence-electron chi connectivity index (χ1n) is 12.2. The van der Waals surface area contributed by atoms with Crippen LogP contribution in [-0.2, 0) is 11.8 Å². The van der Waals surface area contributed by atoms with Gasteiger partial charge >= 0.3 is 0 Å². The summed E-state index contributed by atoms with van der Waals surface area (Å²) in [7, 11) is 1.71. The topological polar surface area (TPSA) is 72.6 Å². The Bertz CT molecular complexity index is 1060. The van der Waals surface area contributed by atoms with Crippen molar-refractivity contribution in [3.8, 4) is 6.07 Å². The van der Waals surface area contributed by atoms with Crippen molar-refractivity contribution in [3.05, 3.63) is 31.9 Å².